The molecule has 0 spiro atoms. The van der Waals surface area contributed by atoms with Crippen molar-refractivity contribution in [3.8, 4) is 0 Å². The minimum absolute atomic E-state index is 0.00389. The van der Waals surface area contributed by atoms with Crippen LogP contribution in [-0.2, 0) is 9.59 Å². The van der Waals surface area contributed by atoms with Crippen LogP contribution in [0.4, 0.5) is 0 Å². The molecule has 0 aliphatic heterocycles. The molecule has 0 amide bonds. The molecule has 23 heavy (non-hydrogen) atoms. The predicted molar refractivity (Wildman–Crippen MR) is 89.8 cm³/mol. The SMILES string of the molecule is C[C@@H](CO)C1=CC(=O)C2=C(CC[C@H]3C(C)(C)CCC[C@]23C)C1=O. The summed E-state index contributed by atoms with van der Waals surface area (Å²) in [6, 6.07) is 0. The lowest BCUT2D eigenvalue weighted by Gasteiger charge is -2.55. The monoisotopic (exact) mass is 316 g/mol. The summed E-state index contributed by atoms with van der Waals surface area (Å²) < 4.78 is 0. The summed E-state index contributed by atoms with van der Waals surface area (Å²) in [5.41, 5.74) is 2.07. The number of carbonyl (C=O) groups is 2. The third-order valence-corrected chi connectivity index (χ3v) is 6.66. The molecule has 0 saturated heterocycles. The minimum Gasteiger partial charge on any atom is -0.396 e. The van der Waals surface area contributed by atoms with E-state index in [0.29, 0.717) is 17.9 Å². The molecule has 3 nitrogen and oxygen atoms in total. The topological polar surface area (TPSA) is 54.4 Å². The lowest BCUT2D eigenvalue weighted by Crippen LogP contribution is -2.48. The van der Waals surface area contributed by atoms with Gasteiger partial charge in [-0.1, -0.05) is 34.1 Å². The molecule has 0 radical (unpaired) electrons. The maximum absolute atomic E-state index is 12.9. The Kier molecular flexibility index (Phi) is 3.91. The van der Waals surface area contributed by atoms with Crippen molar-refractivity contribution in [1.29, 1.82) is 0 Å². The standard InChI is InChI=1S/C20H28O3/c1-12(11-21)14-10-15(22)17-13(18(14)23)6-7-16-19(2,3)8-5-9-20(16,17)4/h10,12,16,21H,5-9,11H2,1-4H3/t12-,16-,20-/m0/s1. The van der Waals surface area contributed by atoms with Crippen LogP contribution in [0.2, 0.25) is 0 Å². The van der Waals surface area contributed by atoms with E-state index in [0.717, 1.165) is 30.4 Å². The second kappa shape index (κ2) is 5.41. The fourth-order valence-corrected chi connectivity index (χ4v) is 5.46. The van der Waals surface area contributed by atoms with Crippen molar-refractivity contribution < 1.29 is 14.7 Å². The molecule has 0 bridgehead atoms. The van der Waals surface area contributed by atoms with E-state index in [4.69, 9.17) is 0 Å². The van der Waals surface area contributed by atoms with Gasteiger partial charge < -0.3 is 5.11 Å². The van der Waals surface area contributed by atoms with Gasteiger partial charge in [-0.15, -0.1) is 0 Å². The molecule has 0 aromatic rings. The molecule has 3 aliphatic carbocycles. The maximum atomic E-state index is 12.9. The molecule has 3 rings (SSSR count). The Bertz CT molecular complexity index is 623. The highest BCUT2D eigenvalue weighted by Crippen LogP contribution is 2.60. The molecule has 0 unspecified atom stereocenters. The first kappa shape index (κ1) is 16.6. The number of aliphatic hydroxyl groups excluding tert-OH is 1. The van der Waals surface area contributed by atoms with E-state index in [1.54, 1.807) is 6.92 Å². The van der Waals surface area contributed by atoms with E-state index in [1.165, 1.54) is 12.5 Å². The average molecular weight is 316 g/mol. The van der Waals surface area contributed by atoms with Crippen LogP contribution in [0.3, 0.4) is 0 Å². The van der Waals surface area contributed by atoms with Crippen molar-refractivity contribution in [2.75, 3.05) is 6.61 Å². The molecule has 3 heteroatoms. The molecule has 1 N–H and O–H groups in total. The summed E-state index contributed by atoms with van der Waals surface area (Å²) in [6.07, 6.45) is 6.51. The Morgan fingerprint density at radius 1 is 1.26 bits per heavy atom. The van der Waals surface area contributed by atoms with Crippen LogP contribution in [-0.4, -0.2) is 23.3 Å². The predicted octanol–water partition coefficient (Wildman–Crippen LogP) is 3.62. The Balaban J connectivity index is 2.07. The van der Waals surface area contributed by atoms with E-state index in [1.807, 2.05) is 0 Å². The normalized spacial score (nSPS) is 34.7. The molecule has 0 aromatic heterocycles. The highest BCUT2D eigenvalue weighted by Gasteiger charge is 2.53. The van der Waals surface area contributed by atoms with Crippen molar-refractivity contribution in [3.05, 3.63) is 22.8 Å². The molecular formula is C20H28O3. The zero-order valence-electron chi connectivity index (χ0n) is 14.7. The number of rotatable bonds is 2. The van der Waals surface area contributed by atoms with Crippen LogP contribution in [0.1, 0.15) is 59.8 Å². The Labute approximate surface area is 138 Å². The second-order valence-corrected chi connectivity index (χ2v) is 8.58. The van der Waals surface area contributed by atoms with Crippen molar-refractivity contribution in [3.63, 3.8) is 0 Å². The fourth-order valence-electron chi connectivity index (χ4n) is 5.46. The number of carbonyl (C=O) groups excluding carboxylic acids is 2. The van der Waals surface area contributed by atoms with Gasteiger partial charge in [0.05, 0.1) is 0 Å². The van der Waals surface area contributed by atoms with E-state index in [-0.39, 0.29) is 34.9 Å². The maximum Gasteiger partial charge on any atom is 0.185 e. The lowest BCUT2D eigenvalue weighted by molar-refractivity contribution is -0.119. The third kappa shape index (κ3) is 2.36. The average Bonchev–Trinajstić information content (AvgIpc) is 2.48. The number of hydrogen-bond acceptors (Lipinski definition) is 3. The number of Topliss-reactive ketones (excluding diaryl/α,β-unsaturated/α-hetero) is 1. The number of ketones is 2. The van der Waals surface area contributed by atoms with E-state index in [2.05, 4.69) is 20.8 Å². The smallest absolute Gasteiger partial charge is 0.185 e. The van der Waals surface area contributed by atoms with Crippen molar-refractivity contribution in [2.24, 2.45) is 22.7 Å². The van der Waals surface area contributed by atoms with E-state index in [9.17, 15) is 14.7 Å². The molecule has 126 valence electrons. The first-order valence-electron chi connectivity index (χ1n) is 8.87. The van der Waals surface area contributed by atoms with Crippen LogP contribution in [0.25, 0.3) is 0 Å². The van der Waals surface area contributed by atoms with Crippen LogP contribution < -0.4 is 0 Å². The molecule has 1 saturated carbocycles. The van der Waals surface area contributed by atoms with Gasteiger partial charge in [0.1, 0.15) is 0 Å². The van der Waals surface area contributed by atoms with Crippen molar-refractivity contribution in [2.45, 2.75) is 59.8 Å². The summed E-state index contributed by atoms with van der Waals surface area (Å²) in [7, 11) is 0. The van der Waals surface area contributed by atoms with E-state index >= 15 is 0 Å². The van der Waals surface area contributed by atoms with E-state index < -0.39 is 0 Å². The summed E-state index contributed by atoms with van der Waals surface area (Å²) in [5, 5.41) is 9.37. The fraction of sp³-hybridized carbons (Fsp3) is 0.700. The quantitative estimate of drug-likeness (QED) is 0.792. The Hall–Kier alpha value is -1.22. The third-order valence-electron chi connectivity index (χ3n) is 6.66. The second-order valence-electron chi connectivity index (χ2n) is 8.58. The molecule has 3 atom stereocenters. The lowest BCUT2D eigenvalue weighted by atomic mass is 9.49. The molecule has 0 heterocycles. The summed E-state index contributed by atoms with van der Waals surface area (Å²) in [6.45, 7) is 8.53. The van der Waals surface area contributed by atoms with Gasteiger partial charge in [0, 0.05) is 34.7 Å². The zero-order valence-corrected chi connectivity index (χ0v) is 14.7. The first-order chi connectivity index (χ1) is 10.7. The van der Waals surface area contributed by atoms with Gasteiger partial charge >= 0.3 is 0 Å². The Morgan fingerprint density at radius 3 is 2.61 bits per heavy atom. The Morgan fingerprint density at radius 2 is 1.96 bits per heavy atom. The van der Waals surface area contributed by atoms with Crippen LogP contribution in [0, 0.1) is 22.7 Å². The molecule has 3 aliphatic rings. The van der Waals surface area contributed by atoms with Crippen LogP contribution in [0.5, 0.6) is 0 Å². The van der Waals surface area contributed by atoms with Gasteiger partial charge in [0.25, 0.3) is 0 Å². The highest BCUT2D eigenvalue weighted by atomic mass is 16.3. The highest BCUT2D eigenvalue weighted by molar-refractivity contribution is 6.23. The van der Waals surface area contributed by atoms with Gasteiger partial charge in [0.2, 0.25) is 0 Å². The zero-order chi connectivity index (χ0) is 17.0. The van der Waals surface area contributed by atoms with Gasteiger partial charge in [-0.3, -0.25) is 9.59 Å². The van der Waals surface area contributed by atoms with Crippen molar-refractivity contribution >= 4 is 11.6 Å². The number of fused-ring (bicyclic) bond motifs is 2. The van der Waals surface area contributed by atoms with Crippen LogP contribution in [0.15, 0.2) is 22.8 Å². The van der Waals surface area contributed by atoms with Gasteiger partial charge in [0.15, 0.2) is 11.6 Å². The van der Waals surface area contributed by atoms with Crippen LogP contribution >= 0.6 is 0 Å². The minimum atomic E-state index is -0.270. The largest absolute Gasteiger partial charge is 0.396 e. The summed E-state index contributed by atoms with van der Waals surface area (Å²) >= 11 is 0. The van der Waals surface area contributed by atoms with Gasteiger partial charge in [-0.2, -0.15) is 0 Å². The summed E-state index contributed by atoms with van der Waals surface area (Å²) in [5.74, 6) is 0.210. The number of allylic oxidation sites excluding steroid dienone is 3. The van der Waals surface area contributed by atoms with Gasteiger partial charge in [-0.25, -0.2) is 0 Å². The first-order valence-corrected chi connectivity index (χ1v) is 8.87. The number of hydrogen-bond donors (Lipinski definition) is 1. The number of aliphatic hydroxyl groups is 1. The molecular weight excluding hydrogens is 288 g/mol. The van der Waals surface area contributed by atoms with Crippen molar-refractivity contribution in [1.82, 2.24) is 0 Å². The molecule has 1 fully saturated rings. The molecule has 0 aromatic carbocycles. The van der Waals surface area contributed by atoms with Gasteiger partial charge in [-0.05, 0) is 43.1 Å². The summed E-state index contributed by atoms with van der Waals surface area (Å²) in [4.78, 5) is 25.8.